The molecule has 1 unspecified atom stereocenters. The Kier molecular flexibility index (Phi) is 4.37. The minimum absolute atomic E-state index is 0.278. The SMILES string of the molecule is CC(CC(=O)N1CCNC[C@@H]1C)c1ccccc1. The van der Waals surface area contributed by atoms with Crippen LogP contribution in [0.1, 0.15) is 31.7 Å². The van der Waals surface area contributed by atoms with Crippen molar-refractivity contribution in [2.75, 3.05) is 19.6 Å². The second-order valence-corrected chi connectivity index (χ2v) is 5.16. The molecule has 0 radical (unpaired) electrons. The highest BCUT2D eigenvalue weighted by Gasteiger charge is 2.24. The van der Waals surface area contributed by atoms with Gasteiger partial charge in [0, 0.05) is 32.1 Å². The van der Waals surface area contributed by atoms with Crippen LogP contribution < -0.4 is 5.32 Å². The molecule has 0 bridgehead atoms. The molecule has 1 fully saturated rings. The zero-order valence-electron chi connectivity index (χ0n) is 11.2. The number of carbonyl (C=O) groups excluding carboxylic acids is 1. The first-order valence-electron chi connectivity index (χ1n) is 6.73. The summed E-state index contributed by atoms with van der Waals surface area (Å²) in [5, 5.41) is 3.31. The smallest absolute Gasteiger partial charge is 0.223 e. The number of hydrogen-bond donors (Lipinski definition) is 1. The molecular formula is C15H22N2O. The Morgan fingerprint density at radius 1 is 1.44 bits per heavy atom. The molecule has 1 N–H and O–H groups in total. The van der Waals surface area contributed by atoms with Gasteiger partial charge in [-0.15, -0.1) is 0 Å². The molecule has 98 valence electrons. The van der Waals surface area contributed by atoms with Crippen LogP contribution in [0.5, 0.6) is 0 Å². The van der Waals surface area contributed by atoms with Gasteiger partial charge in [0.25, 0.3) is 0 Å². The number of nitrogens with one attached hydrogen (secondary N) is 1. The van der Waals surface area contributed by atoms with Gasteiger partial charge >= 0.3 is 0 Å². The van der Waals surface area contributed by atoms with Crippen LogP contribution in [0.4, 0.5) is 0 Å². The average Bonchev–Trinajstić information content (AvgIpc) is 2.40. The minimum Gasteiger partial charge on any atom is -0.337 e. The van der Waals surface area contributed by atoms with E-state index >= 15 is 0 Å². The van der Waals surface area contributed by atoms with E-state index in [1.165, 1.54) is 5.56 Å². The molecule has 1 aliphatic heterocycles. The third-order valence-electron chi connectivity index (χ3n) is 3.67. The summed E-state index contributed by atoms with van der Waals surface area (Å²) >= 11 is 0. The Morgan fingerprint density at radius 2 is 2.17 bits per heavy atom. The first kappa shape index (κ1) is 13.1. The number of rotatable bonds is 3. The first-order chi connectivity index (χ1) is 8.68. The second-order valence-electron chi connectivity index (χ2n) is 5.16. The molecule has 1 aromatic rings. The summed E-state index contributed by atoms with van der Waals surface area (Å²) in [7, 11) is 0. The van der Waals surface area contributed by atoms with Crippen LogP contribution in [0.15, 0.2) is 30.3 Å². The molecule has 18 heavy (non-hydrogen) atoms. The molecule has 1 saturated heterocycles. The summed E-state index contributed by atoms with van der Waals surface area (Å²) in [6.45, 7) is 6.89. The lowest BCUT2D eigenvalue weighted by atomic mass is 9.97. The Balaban J connectivity index is 1.94. The largest absolute Gasteiger partial charge is 0.337 e. The van der Waals surface area contributed by atoms with Gasteiger partial charge in [-0.1, -0.05) is 37.3 Å². The summed E-state index contributed by atoms with van der Waals surface area (Å²) in [5.74, 6) is 0.570. The molecule has 0 aromatic heterocycles. The first-order valence-corrected chi connectivity index (χ1v) is 6.73. The maximum absolute atomic E-state index is 12.3. The molecule has 2 atom stereocenters. The number of hydrogen-bond acceptors (Lipinski definition) is 2. The molecular weight excluding hydrogens is 224 g/mol. The molecule has 1 amide bonds. The van der Waals surface area contributed by atoms with Gasteiger partial charge in [-0.2, -0.15) is 0 Å². The van der Waals surface area contributed by atoms with Gasteiger partial charge in [0.05, 0.1) is 0 Å². The van der Waals surface area contributed by atoms with Crippen molar-refractivity contribution in [1.82, 2.24) is 10.2 Å². The van der Waals surface area contributed by atoms with Crippen LogP contribution in [0.25, 0.3) is 0 Å². The van der Waals surface area contributed by atoms with E-state index in [0.29, 0.717) is 18.4 Å². The van der Waals surface area contributed by atoms with E-state index in [4.69, 9.17) is 0 Å². The lowest BCUT2D eigenvalue weighted by Gasteiger charge is -2.34. The Labute approximate surface area is 109 Å². The number of piperazine rings is 1. The van der Waals surface area contributed by atoms with Crippen molar-refractivity contribution in [2.45, 2.75) is 32.2 Å². The van der Waals surface area contributed by atoms with Crippen molar-refractivity contribution in [3.8, 4) is 0 Å². The van der Waals surface area contributed by atoms with Crippen LogP contribution in [0.2, 0.25) is 0 Å². The van der Waals surface area contributed by atoms with Gasteiger partial charge in [-0.05, 0) is 18.4 Å². The van der Waals surface area contributed by atoms with Gasteiger partial charge in [-0.25, -0.2) is 0 Å². The molecule has 1 aliphatic rings. The summed E-state index contributed by atoms with van der Waals surface area (Å²) in [6.07, 6.45) is 0.606. The molecule has 0 aliphatic carbocycles. The molecule has 1 aromatic carbocycles. The molecule has 3 nitrogen and oxygen atoms in total. The second kappa shape index (κ2) is 6.01. The normalized spacial score (nSPS) is 21.7. The van der Waals surface area contributed by atoms with Crippen LogP contribution >= 0.6 is 0 Å². The summed E-state index contributed by atoms with van der Waals surface area (Å²) in [4.78, 5) is 14.3. The van der Waals surface area contributed by atoms with Crippen LogP contribution in [0.3, 0.4) is 0 Å². The van der Waals surface area contributed by atoms with E-state index in [0.717, 1.165) is 19.6 Å². The minimum atomic E-state index is 0.278. The number of carbonyl (C=O) groups is 1. The highest BCUT2D eigenvalue weighted by molar-refractivity contribution is 5.77. The highest BCUT2D eigenvalue weighted by Crippen LogP contribution is 2.20. The van der Waals surface area contributed by atoms with Crippen molar-refractivity contribution >= 4 is 5.91 Å². The van der Waals surface area contributed by atoms with Gasteiger partial charge < -0.3 is 10.2 Å². The van der Waals surface area contributed by atoms with E-state index in [2.05, 4.69) is 31.3 Å². The zero-order valence-corrected chi connectivity index (χ0v) is 11.2. The van der Waals surface area contributed by atoms with E-state index in [1.807, 2.05) is 23.1 Å². The Hall–Kier alpha value is -1.35. The van der Waals surface area contributed by atoms with Crippen molar-refractivity contribution in [3.05, 3.63) is 35.9 Å². The third-order valence-corrected chi connectivity index (χ3v) is 3.67. The van der Waals surface area contributed by atoms with E-state index in [1.54, 1.807) is 0 Å². The Morgan fingerprint density at radius 3 is 2.83 bits per heavy atom. The number of nitrogens with zero attached hydrogens (tertiary/aromatic N) is 1. The van der Waals surface area contributed by atoms with Crippen molar-refractivity contribution < 1.29 is 4.79 Å². The predicted molar refractivity (Wildman–Crippen MR) is 73.5 cm³/mol. The van der Waals surface area contributed by atoms with Gasteiger partial charge in [0.1, 0.15) is 0 Å². The molecule has 0 saturated carbocycles. The van der Waals surface area contributed by atoms with E-state index < -0.39 is 0 Å². The summed E-state index contributed by atoms with van der Waals surface area (Å²) in [5.41, 5.74) is 1.24. The third kappa shape index (κ3) is 3.10. The zero-order chi connectivity index (χ0) is 13.0. The summed E-state index contributed by atoms with van der Waals surface area (Å²) < 4.78 is 0. The maximum Gasteiger partial charge on any atom is 0.223 e. The average molecular weight is 246 g/mol. The number of amides is 1. The fourth-order valence-electron chi connectivity index (χ4n) is 2.49. The molecule has 1 heterocycles. The highest BCUT2D eigenvalue weighted by atomic mass is 16.2. The number of benzene rings is 1. The van der Waals surface area contributed by atoms with Gasteiger partial charge in [0.15, 0.2) is 0 Å². The fourth-order valence-corrected chi connectivity index (χ4v) is 2.49. The summed E-state index contributed by atoms with van der Waals surface area (Å²) in [6, 6.07) is 10.6. The van der Waals surface area contributed by atoms with Gasteiger partial charge in [0.2, 0.25) is 5.91 Å². The van der Waals surface area contributed by atoms with Crippen LogP contribution in [0, 0.1) is 0 Å². The van der Waals surface area contributed by atoms with Crippen LogP contribution in [-0.2, 0) is 4.79 Å². The van der Waals surface area contributed by atoms with Crippen molar-refractivity contribution in [2.24, 2.45) is 0 Å². The molecule has 0 spiro atoms. The fraction of sp³-hybridized carbons (Fsp3) is 0.533. The van der Waals surface area contributed by atoms with Crippen LogP contribution in [-0.4, -0.2) is 36.5 Å². The van der Waals surface area contributed by atoms with Gasteiger partial charge in [-0.3, -0.25) is 4.79 Å². The topological polar surface area (TPSA) is 32.3 Å². The quantitative estimate of drug-likeness (QED) is 0.884. The lowest BCUT2D eigenvalue weighted by molar-refractivity contribution is -0.134. The standard InChI is InChI=1S/C15H22N2O/c1-12(14-6-4-3-5-7-14)10-15(18)17-9-8-16-11-13(17)2/h3-7,12-13,16H,8-11H2,1-2H3/t12?,13-/m0/s1. The van der Waals surface area contributed by atoms with Crippen molar-refractivity contribution in [1.29, 1.82) is 0 Å². The van der Waals surface area contributed by atoms with E-state index in [-0.39, 0.29) is 5.91 Å². The maximum atomic E-state index is 12.3. The van der Waals surface area contributed by atoms with E-state index in [9.17, 15) is 4.79 Å². The predicted octanol–water partition coefficient (Wildman–Crippen LogP) is 2.00. The van der Waals surface area contributed by atoms with Crippen molar-refractivity contribution in [3.63, 3.8) is 0 Å². The monoisotopic (exact) mass is 246 g/mol. The Bertz CT molecular complexity index is 391. The molecule has 3 heteroatoms. The lowest BCUT2D eigenvalue weighted by Crippen LogP contribution is -2.52. The molecule has 2 rings (SSSR count).